The van der Waals surface area contributed by atoms with Crippen molar-refractivity contribution in [2.75, 3.05) is 13.6 Å². The van der Waals surface area contributed by atoms with E-state index in [1.807, 2.05) is 20.0 Å². The molecule has 2 rings (SSSR count). The maximum absolute atomic E-state index is 11.0. The maximum atomic E-state index is 11.0. The van der Waals surface area contributed by atoms with Gasteiger partial charge in [0, 0.05) is 25.0 Å². The average Bonchev–Trinajstić information content (AvgIpc) is 2.97. The first kappa shape index (κ1) is 14.8. The van der Waals surface area contributed by atoms with Crippen molar-refractivity contribution in [2.45, 2.75) is 45.3 Å². The van der Waals surface area contributed by atoms with E-state index in [2.05, 4.69) is 26.8 Å². The summed E-state index contributed by atoms with van der Waals surface area (Å²) < 4.78 is 2.09. The Morgan fingerprint density at radius 1 is 1.60 bits per heavy atom. The van der Waals surface area contributed by atoms with Crippen LogP contribution in [0.5, 0.6) is 0 Å². The number of nitrogens with zero attached hydrogens (tertiary/aromatic N) is 3. The molecule has 0 saturated carbocycles. The van der Waals surface area contributed by atoms with Gasteiger partial charge in [-0.3, -0.25) is 0 Å². The molecule has 1 aliphatic heterocycles. The van der Waals surface area contributed by atoms with Gasteiger partial charge in [0.2, 0.25) is 0 Å². The van der Waals surface area contributed by atoms with Gasteiger partial charge in [0.05, 0.1) is 6.04 Å². The van der Waals surface area contributed by atoms with Gasteiger partial charge in [0.15, 0.2) is 0 Å². The number of likely N-dealkylation sites (tertiary alicyclic amines) is 1. The Morgan fingerprint density at radius 2 is 2.35 bits per heavy atom. The lowest BCUT2D eigenvalue weighted by atomic mass is 10.0. The van der Waals surface area contributed by atoms with Crippen LogP contribution in [0.25, 0.3) is 0 Å². The SMILES string of the molecule is CC(C)[C@H](NC(=O)O)c1nccn1CC1CCCN1C. The van der Waals surface area contributed by atoms with Crippen LogP contribution in [0.15, 0.2) is 12.4 Å². The first-order valence-electron chi connectivity index (χ1n) is 7.19. The van der Waals surface area contributed by atoms with Gasteiger partial charge in [-0.15, -0.1) is 0 Å². The molecule has 1 unspecified atom stereocenters. The highest BCUT2D eigenvalue weighted by atomic mass is 16.4. The summed E-state index contributed by atoms with van der Waals surface area (Å²) >= 11 is 0. The van der Waals surface area contributed by atoms with Gasteiger partial charge in [-0.1, -0.05) is 13.8 Å². The first-order chi connectivity index (χ1) is 9.49. The normalized spacial score (nSPS) is 21.3. The monoisotopic (exact) mass is 280 g/mol. The number of amides is 1. The first-order valence-corrected chi connectivity index (χ1v) is 7.19. The molecule has 0 bridgehead atoms. The zero-order chi connectivity index (χ0) is 14.7. The van der Waals surface area contributed by atoms with Gasteiger partial charge in [-0.05, 0) is 32.4 Å². The van der Waals surface area contributed by atoms with Crippen molar-refractivity contribution in [2.24, 2.45) is 5.92 Å². The van der Waals surface area contributed by atoms with Crippen LogP contribution in [0.2, 0.25) is 0 Å². The molecular weight excluding hydrogens is 256 g/mol. The van der Waals surface area contributed by atoms with Crippen molar-refractivity contribution >= 4 is 6.09 Å². The fraction of sp³-hybridized carbons (Fsp3) is 0.714. The van der Waals surface area contributed by atoms with E-state index in [1.165, 1.54) is 12.8 Å². The van der Waals surface area contributed by atoms with Crippen LogP contribution in [0, 0.1) is 5.92 Å². The molecule has 20 heavy (non-hydrogen) atoms. The molecule has 1 aromatic rings. The molecule has 6 nitrogen and oxygen atoms in total. The molecule has 6 heteroatoms. The standard InChI is InChI=1S/C14H24N4O2/c1-10(2)12(16-14(19)20)13-15-6-8-18(13)9-11-5-4-7-17(11)3/h6,8,10-12,16H,4-5,7,9H2,1-3H3,(H,19,20)/t11?,12-/m0/s1. The molecule has 2 heterocycles. The van der Waals surface area contributed by atoms with E-state index >= 15 is 0 Å². The van der Waals surface area contributed by atoms with Crippen molar-refractivity contribution in [3.8, 4) is 0 Å². The number of likely N-dealkylation sites (N-methyl/N-ethyl adjacent to an activating group) is 1. The number of hydrogen-bond donors (Lipinski definition) is 2. The van der Waals surface area contributed by atoms with Crippen LogP contribution < -0.4 is 5.32 Å². The largest absolute Gasteiger partial charge is 0.465 e. The van der Waals surface area contributed by atoms with E-state index in [1.54, 1.807) is 6.20 Å². The zero-order valence-corrected chi connectivity index (χ0v) is 12.4. The highest BCUT2D eigenvalue weighted by Crippen LogP contribution is 2.23. The van der Waals surface area contributed by atoms with Crippen molar-refractivity contribution < 1.29 is 9.90 Å². The lowest BCUT2D eigenvalue weighted by molar-refractivity contribution is 0.184. The second-order valence-electron chi connectivity index (χ2n) is 5.89. The fourth-order valence-electron chi connectivity index (χ4n) is 2.85. The predicted octanol–water partition coefficient (Wildman–Crippen LogP) is 1.94. The van der Waals surface area contributed by atoms with Crippen molar-refractivity contribution in [3.63, 3.8) is 0 Å². The minimum Gasteiger partial charge on any atom is -0.465 e. The Balaban J connectivity index is 2.15. The lowest BCUT2D eigenvalue weighted by Crippen LogP contribution is -2.35. The summed E-state index contributed by atoms with van der Waals surface area (Å²) in [6.45, 7) is 6.01. The summed E-state index contributed by atoms with van der Waals surface area (Å²) in [6, 6.07) is 0.245. The summed E-state index contributed by atoms with van der Waals surface area (Å²) in [5.74, 6) is 0.969. The van der Waals surface area contributed by atoms with Crippen LogP contribution in [-0.4, -0.2) is 45.3 Å². The molecule has 2 atom stereocenters. The van der Waals surface area contributed by atoms with Crippen LogP contribution in [0.4, 0.5) is 4.79 Å². The van der Waals surface area contributed by atoms with Crippen molar-refractivity contribution in [1.82, 2.24) is 19.8 Å². The second-order valence-corrected chi connectivity index (χ2v) is 5.89. The minimum absolute atomic E-state index is 0.161. The van der Waals surface area contributed by atoms with E-state index in [0.29, 0.717) is 6.04 Å². The minimum atomic E-state index is -1.00. The summed E-state index contributed by atoms with van der Waals surface area (Å²) in [5, 5.41) is 11.6. The molecule has 1 aromatic heterocycles. The average molecular weight is 280 g/mol. The quantitative estimate of drug-likeness (QED) is 0.864. The number of aromatic nitrogens is 2. The van der Waals surface area contributed by atoms with E-state index < -0.39 is 6.09 Å². The second kappa shape index (κ2) is 6.26. The Labute approximate surface area is 119 Å². The van der Waals surface area contributed by atoms with Gasteiger partial charge < -0.3 is 19.9 Å². The third kappa shape index (κ3) is 3.30. The molecule has 1 saturated heterocycles. The van der Waals surface area contributed by atoms with E-state index in [4.69, 9.17) is 5.11 Å². The molecule has 0 aliphatic carbocycles. The number of imidazole rings is 1. The number of hydrogen-bond acceptors (Lipinski definition) is 3. The van der Waals surface area contributed by atoms with Crippen LogP contribution in [-0.2, 0) is 6.54 Å². The van der Waals surface area contributed by atoms with Crippen LogP contribution >= 0.6 is 0 Å². The highest BCUT2D eigenvalue weighted by molar-refractivity contribution is 5.65. The molecule has 0 spiro atoms. The molecule has 1 aliphatic rings. The molecule has 0 aromatic carbocycles. The molecule has 1 fully saturated rings. The third-order valence-corrected chi connectivity index (χ3v) is 4.05. The number of rotatable bonds is 5. The molecule has 1 amide bonds. The molecule has 2 N–H and O–H groups in total. The third-order valence-electron chi connectivity index (χ3n) is 4.05. The summed E-state index contributed by atoms with van der Waals surface area (Å²) in [6.07, 6.45) is 5.11. The highest BCUT2D eigenvalue weighted by Gasteiger charge is 2.26. The van der Waals surface area contributed by atoms with Gasteiger partial charge >= 0.3 is 6.09 Å². The van der Waals surface area contributed by atoms with Gasteiger partial charge in [-0.25, -0.2) is 9.78 Å². The number of nitrogens with one attached hydrogen (secondary N) is 1. The Kier molecular flexibility index (Phi) is 4.65. The van der Waals surface area contributed by atoms with Crippen LogP contribution in [0.3, 0.4) is 0 Å². The number of carboxylic acid groups (broad SMARTS) is 1. The van der Waals surface area contributed by atoms with Gasteiger partial charge in [-0.2, -0.15) is 0 Å². The lowest BCUT2D eigenvalue weighted by Gasteiger charge is -2.25. The Bertz CT molecular complexity index is 458. The van der Waals surface area contributed by atoms with Crippen molar-refractivity contribution in [3.05, 3.63) is 18.2 Å². The molecule has 112 valence electrons. The predicted molar refractivity (Wildman–Crippen MR) is 76.6 cm³/mol. The zero-order valence-electron chi connectivity index (χ0n) is 12.4. The Morgan fingerprint density at radius 3 is 2.90 bits per heavy atom. The maximum Gasteiger partial charge on any atom is 0.405 e. The Hall–Kier alpha value is -1.56. The fourth-order valence-corrected chi connectivity index (χ4v) is 2.85. The molecule has 0 radical (unpaired) electrons. The summed E-state index contributed by atoms with van der Waals surface area (Å²) in [5.41, 5.74) is 0. The van der Waals surface area contributed by atoms with E-state index in [0.717, 1.165) is 18.9 Å². The summed E-state index contributed by atoms with van der Waals surface area (Å²) in [7, 11) is 2.14. The number of carbonyl (C=O) groups is 1. The van der Waals surface area contributed by atoms with Crippen molar-refractivity contribution in [1.29, 1.82) is 0 Å². The van der Waals surface area contributed by atoms with Gasteiger partial charge in [0.25, 0.3) is 0 Å². The smallest absolute Gasteiger partial charge is 0.405 e. The van der Waals surface area contributed by atoms with Crippen LogP contribution in [0.1, 0.15) is 38.6 Å². The summed E-state index contributed by atoms with van der Waals surface area (Å²) in [4.78, 5) is 17.7. The topological polar surface area (TPSA) is 70.4 Å². The van der Waals surface area contributed by atoms with E-state index in [9.17, 15) is 4.79 Å². The van der Waals surface area contributed by atoms with Gasteiger partial charge in [0.1, 0.15) is 5.82 Å². The molecular formula is C14H24N4O2. The van der Waals surface area contributed by atoms with E-state index in [-0.39, 0.29) is 12.0 Å².